The average Bonchev–Trinajstić information content (AvgIpc) is 3.15. The standard InChI is InChI=1S/C20H29FN4O3S/c21-17-5-6-19-18(13-17)20(23-28-19)25-11-9-24(10-12-25)8-7-15-1-3-16(4-2-15)14-22-29(26)27/h5-6,13,15-16,22H,1-4,7-12,14H2,(H,26,27). The van der Waals surface area contributed by atoms with Crippen LogP contribution >= 0.6 is 0 Å². The molecule has 2 heterocycles. The van der Waals surface area contributed by atoms with Crippen molar-refractivity contribution in [2.24, 2.45) is 11.8 Å². The Morgan fingerprint density at radius 2 is 1.90 bits per heavy atom. The Morgan fingerprint density at radius 3 is 2.62 bits per heavy atom. The van der Waals surface area contributed by atoms with Crippen molar-refractivity contribution >= 4 is 28.1 Å². The van der Waals surface area contributed by atoms with Crippen LogP contribution in [0.5, 0.6) is 0 Å². The summed E-state index contributed by atoms with van der Waals surface area (Å²) in [5.41, 5.74) is 0.625. The summed E-state index contributed by atoms with van der Waals surface area (Å²) in [5, 5.41) is 4.91. The van der Waals surface area contributed by atoms with Gasteiger partial charge in [-0.25, -0.2) is 13.3 Å². The molecular weight excluding hydrogens is 395 g/mol. The number of hydrogen-bond donors (Lipinski definition) is 2. The number of fused-ring (bicyclic) bond motifs is 1. The highest BCUT2D eigenvalue weighted by atomic mass is 32.2. The van der Waals surface area contributed by atoms with Gasteiger partial charge in [0.1, 0.15) is 5.82 Å². The molecule has 0 bridgehead atoms. The van der Waals surface area contributed by atoms with Gasteiger partial charge in [-0.1, -0.05) is 18.0 Å². The lowest BCUT2D eigenvalue weighted by Crippen LogP contribution is -2.47. The van der Waals surface area contributed by atoms with Crippen molar-refractivity contribution in [3.63, 3.8) is 0 Å². The Kier molecular flexibility index (Phi) is 6.79. The van der Waals surface area contributed by atoms with Crippen molar-refractivity contribution in [1.29, 1.82) is 0 Å². The van der Waals surface area contributed by atoms with E-state index in [0.717, 1.165) is 62.7 Å². The molecule has 9 heteroatoms. The van der Waals surface area contributed by atoms with Crippen molar-refractivity contribution in [2.75, 3.05) is 44.2 Å². The largest absolute Gasteiger partial charge is 0.354 e. The van der Waals surface area contributed by atoms with E-state index in [2.05, 4.69) is 19.7 Å². The molecule has 2 aliphatic rings. The molecule has 29 heavy (non-hydrogen) atoms. The summed E-state index contributed by atoms with van der Waals surface area (Å²) in [7, 11) is 0. The summed E-state index contributed by atoms with van der Waals surface area (Å²) in [5.74, 6) is 1.75. The van der Waals surface area contributed by atoms with Crippen LogP contribution in [0.1, 0.15) is 32.1 Å². The maximum Gasteiger partial charge on any atom is 0.231 e. The van der Waals surface area contributed by atoms with E-state index in [0.29, 0.717) is 18.0 Å². The Balaban J connectivity index is 1.20. The van der Waals surface area contributed by atoms with Gasteiger partial charge in [-0.05, 0) is 55.8 Å². The van der Waals surface area contributed by atoms with Crippen molar-refractivity contribution in [1.82, 2.24) is 14.8 Å². The van der Waals surface area contributed by atoms with E-state index >= 15 is 0 Å². The van der Waals surface area contributed by atoms with Gasteiger partial charge in [-0.3, -0.25) is 9.45 Å². The molecule has 0 amide bonds. The van der Waals surface area contributed by atoms with Crippen LogP contribution in [-0.2, 0) is 11.3 Å². The van der Waals surface area contributed by atoms with Gasteiger partial charge in [0.05, 0.1) is 5.39 Å². The zero-order valence-electron chi connectivity index (χ0n) is 16.6. The second-order valence-corrected chi connectivity index (χ2v) is 9.04. The van der Waals surface area contributed by atoms with Gasteiger partial charge in [-0.15, -0.1) is 0 Å². The molecule has 2 aromatic rings. The van der Waals surface area contributed by atoms with Crippen LogP contribution < -0.4 is 9.62 Å². The van der Waals surface area contributed by atoms with Gasteiger partial charge in [0, 0.05) is 32.7 Å². The lowest BCUT2D eigenvalue weighted by Gasteiger charge is -2.36. The third kappa shape index (κ3) is 5.33. The Labute approximate surface area is 173 Å². The number of nitrogens with zero attached hydrogens (tertiary/aromatic N) is 3. The van der Waals surface area contributed by atoms with Crippen molar-refractivity contribution in [3.8, 4) is 0 Å². The molecule has 0 spiro atoms. The van der Waals surface area contributed by atoms with Crippen molar-refractivity contribution in [2.45, 2.75) is 32.1 Å². The summed E-state index contributed by atoms with van der Waals surface area (Å²) in [6.45, 7) is 5.44. The first kappa shape index (κ1) is 20.7. The second kappa shape index (κ2) is 9.51. The molecule has 1 saturated heterocycles. The molecule has 1 atom stereocenters. The first-order chi connectivity index (χ1) is 14.1. The number of anilines is 1. The minimum absolute atomic E-state index is 0.268. The van der Waals surface area contributed by atoms with Crippen molar-refractivity contribution in [3.05, 3.63) is 24.0 Å². The molecule has 1 saturated carbocycles. The van der Waals surface area contributed by atoms with E-state index < -0.39 is 11.3 Å². The fourth-order valence-corrected chi connectivity index (χ4v) is 4.97. The van der Waals surface area contributed by atoms with E-state index in [1.54, 1.807) is 6.07 Å². The molecule has 1 aromatic heterocycles. The number of aromatic nitrogens is 1. The number of piperazine rings is 1. The third-order valence-corrected chi connectivity index (χ3v) is 6.81. The quantitative estimate of drug-likeness (QED) is 0.665. The first-order valence-corrected chi connectivity index (χ1v) is 11.6. The van der Waals surface area contributed by atoms with Gasteiger partial charge in [0.15, 0.2) is 11.4 Å². The van der Waals surface area contributed by atoms with Crippen LogP contribution in [0.4, 0.5) is 10.2 Å². The highest BCUT2D eigenvalue weighted by Gasteiger charge is 2.24. The van der Waals surface area contributed by atoms with Gasteiger partial charge < -0.3 is 9.42 Å². The number of hydrogen-bond acceptors (Lipinski definition) is 5. The molecule has 1 aliphatic heterocycles. The molecule has 160 valence electrons. The number of nitrogens with one attached hydrogen (secondary N) is 1. The molecule has 2 N–H and O–H groups in total. The Morgan fingerprint density at radius 1 is 1.17 bits per heavy atom. The smallest absolute Gasteiger partial charge is 0.231 e. The second-order valence-electron chi connectivity index (χ2n) is 8.25. The minimum Gasteiger partial charge on any atom is -0.354 e. The highest BCUT2D eigenvalue weighted by Crippen LogP contribution is 2.31. The lowest BCUT2D eigenvalue weighted by molar-refractivity contribution is 0.204. The van der Waals surface area contributed by atoms with E-state index in [9.17, 15) is 8.60 Å². The summed E-state index contributed by atoms with van der Waals surface area (Å²) in [6.07, 6.45) is 5.91. The van der Waals surface area contributed by atoms with Gasteiger partial charge in [0.2, 0.25) is 11.3 Å². The monoisotopic (exact) mass is 424 g/mol. The van der Waals surface area contributed by atoms with Gasteiger partial charge >= 0.3 is 0 Å². The van der Waals surface area contributed by atoms with E-state index in [-0.39, 0.29) is 5.82 Å². The predicted molar refractivity (Wildman–Crippen MR) is 111 cm³/mol. The fraction of sp³-hybridized carbons (Fsp3) is 0.650. The Bertz CT molecular complexity index is 832. The number of benzene rings is 1. The predicted octanol–water partition coefficient (Wildman–Crippen LogP) is 3.01. The molecule has 1 aliphatic carbocycles. The summed E-state index contributed by atoms with van der Waals surface area (Å²) in [4.78, 5) is 4.69. The number of rotatable bonds is 7. The summed E-state index contributed by atoms with van der Waals surface area (Å²) < 4.78 is 41.1. The molecule has 0 radical (unpaired) electrons. The number of halogens is 1. The SMILES string of the molecule is O=S(O)NCC1CCC(CCN2CCN(c3noc4ccc(F)cc34)CC2)CC1. The molecule has 1 aromatic carbocycles. The molecular formula is C20H29FN4O3S. The van der Waals surface area contributed by atoms with Crippen LogP contribution in [0.2, 0.25) is 0 Å². The first-order valence-electron chi connectivity index (χ1n) is 10.4. The van der Waals surface area contributed by atoms with Crippen molar-refractivity contribution < 1.29 is 17.7 Å². The van der Waals surface area contributed by atoms with Crippen LogP contribution in [-0.4, -0.2) is 58.1 Å². The average molecular weight is 425 g/mol. The maximum absolute atomic E-state index is 13.6. The minimum atomic E-state index is -1.90. The maximum atomic E-state index is 13.6. The van der Waals surface area contributed by atoms with Crippen LogP contribution in [0.25, 0.3) is 11.0 Å². The third-order valence-electron chi connectivity index (χ3n) is 6.40. The summed E-state index contributed by atoms with van der Waals surface area (Å²) >= 11 is -1.90. The lowest BCUT2D eigenvalue weighted by atomic mass is 9.80. The molecule has 1 unspecified atom stereocenters. The summed E-state index contributed by atoms with van der Waals surface area (Å²) in [6, 6.07) is 4.52. The van der Waals surface area contributed by atoms with Crippen LogP contribution in [0, 0.1) is 17.7 Å². The van der Waals surface area contributed by atoms with E-state index in [1.807, 2.05) is 0 Å². The Hall–Kier alpha value is -1.55. The van der Waals surface area contributed by atoms with E-state index in [1.165, 1.54) is 31.4 Å². The topological polar surface area (TPSA) is 81.8 Å². The van der Waals surface area contributed by atoms with Gasteiger partial charge in [0.25, 0.3) is 0 Å². The van der Waals surface area contributed by atoms with Crippen LogP contribution in [0.3, 0.4) is 0 Å². The highest BCUT2D eigenvalue weighted by molar-refractivity contribution is 7.77. The zero-order valence-corrected chi connectivity index (χ0v) is 17.4. The normalized spacial score (nSPS) is 24.8. The van der Waals surface area contributed by atoms with Gasteiger partial charge in [-0.2, -0.15) is 0 Å². The molecule has 4 rings (SSSR count). The zero-order chi connectivity index (χ0) is 20.2. The fourth-order valence-electron chi connectivity index (χ4n) is 4.59. The van der Waals surface area contributed by atoms with Crippen LogP contribution in [0.15, 0.2) is 22.7 Å². The molecule has 2 fully saturated rings. The van der Waals surface area contributed by atoms with E-state index in [4.69, 9.17) is 9.08 Å². The molecule has 7 nitrogen and oxygen atoms in total.